The van der Waals surface area contributed by atoms with Gasteiger partial charge in [0.15, 0.2) is 5.65 Å². The van der Waals surface area contributed by atoms with E-state index in [2.05, 4.69) is 22.1 Å². The number of benzene rings is 1. The Hall–Kier alpha value is -2.43. The number of rotatable bonds is 4. The van der Waals surface area contributed by atoms with Gasteiger partial charge >= 0.3 is 0 Å². The summed E-state index contributed by atoms with van der Waals surface area (Å²) in [5.41, 5.74) is 1.63. The molecule has 3 aromatic rings. The van der Waals surface area contributed by atoms with Crippen molar-refractivity contribution in [2.24, 2.45) is 0 Å². The molecule has 0 atom stereocenters. The Balaban J connectivity index is 2.14. The third-order valence-electron chi connectivity index (χ3n) is 3.30. The number of nitrogens with zero attached hydrogens (tertiary/aromatic N) is 3. The average molecular weight is 268 g/mol. The maximum atomic E-state index is 12.6. The Morgan fingerprint density at radius 3 is 2.80 bits per heavy atom. The lowest BCUT2D eigenvalue weighted by Gasteiger charge is -2.11. The highest BCUT2D eigenvalue weighted by molar-refractivity contribution is 5.72. The first-order valence-corrected chi connectivity index (χ1v) is 6.76. The van der Waals surface area contributed by atoms with Crippen LogP contribution in [0.2, 0.25) is 0 Å². The zero-order valence-electron chi connectivity index (χ0n) is 11.3. The predicted molar refractivity (Wildman–Crippen MR) is 77.7 cm³/mol. The van der Waals surface area contributed by atoms with E-state index in [0.29, 0.717) is 17.6 Å². The summed E-state index contributed by atoms with van der Waals surface area (Å²) in [4.78, 5) is 17.1. The van der Waals surface area contributed by atoms with Crippen molar-refractivity contribution in [2.45, 2.75) is 26.3 Å². The summed E-state index contributed by atoms with van der Waals surface area (Å²) in [7, 11) is 0. The molecule has 0 saturated carbocycles. The van der Waals surface area contributed by atoms with Crippen molar-refractivity contribution < 1.29 is 0 Å². The van der Waals surface area contributed by atoms with Crippen LogP contribution in [-0.2, 0) is 13.0 Å². The van der Waals surface area contributed by atoms with E-state index in [9.17, 15) is 4.79 Å². The highest BCUT2D eigenvalue weighted by Crippen LogP contribution is 2.09. The minimum atomic E-state index is -0.0314. The molecule has 102 valence electrons. The second-order valence-electron chi connectivity index (χ2n) is 4.79. The second kappa shape index (κ2) is 5.28. The second-order valence-corrected chi connectivity index (χ2v) is 4.79. The maximum Gasteiger partial charge on any atom is 0.264 e. The van der Waals surface area contributed by atoms with E-state index < -0.39 is 0 Å². The van der Waals surface area contributed by atoms with E-state index in [0.717, 1.165) is 24.2 Å². The molecular weight excluding hydrogens is 252 g/mol. The van der Waals surface area contributed by atoms with Crippen molar-refractivity contribution in [3.63, 3.8) is 0 Å². The third-order valence-corrected chi connectivity index (χ3v) is 3.30. The highest BCUT2D eigenvalue weighted by atomic mass is 16.1. The largest absolute Gasteiger partial charge is 0.291 e. The van der Waals surface area contributed by atoms with E-state index in [4.69, 9.17) is 0 Å². The van der Waals surface area contributed by atoms with Gasteiger partial charge in [-0.05, 0) is 12.0 Å². The minimum absolute atomic E-state index is 0.0314. The molecule has 2 heterocycles. The topological polar surface area (TPSA) is 63.6 Å². The Bertz CT molecular complexity index is 773. The molecule has 2 aromatic heterocycles. The van der Waals surface area contributed by atoms with Crippen LogP contribution >= 0.6 is 0 Å². The first-order valence-electron chi connectivity index (χ1n) is 6.76. The summed E-state index contributed by atoms with van der Waals surface area (Å²) in [5, 5.41) is 7.23. The van der Waals surface area contributed by atoms with Gasteiger partial charge in [-0.2, -0.15) is 5.10 Å². The Kier molecular flexibility index (Phi) is 3.33. The molecule has 0 saturated heterocycles. The molecule has 0 amide bonds. The summed E-state index contributed by atoms with van der Waals surface area (Å²) in [5.74, 6) is 0.804. The van der Waals surface area contributed by atoms with Crippen molar-refractivity contribution in [1.82, 2.24) is 19.7 Å². The molecule has 1 N–H and O–H groups in total. The lowest BCUT2D eigenvalue weighted by Crippen LogP contribution is -2.25. The fourth-order valence-electron chi connectivity index (χ4n) is 2.32. The van der Waals surface area contributed by atoms with Gasteiger partial charge in [-0.25, -0.2) is 4.98 Å². The molecule has 0 unspecified atom stereocenters. The van der Waals surface area contributed by atoms with Crippen molar-refractivity contribution in [2.75, 3.05) is 0 Å². The van der Waals surface area contributed by atoms with Crippen molar-refractivity contribution in [3.8, 4) is 0 Å². The van der Waals surface area contributed by atoms with Crippen molar-refractivity contribution >= 4 is 11.0 Å². The normalized spacial score (nSPS) is 11.1. The van der Waals surface area contributed by atoms with Crippen molar-refractivity contribution in [3.05, 3.63) is 58.3 Å². The number of hydrogen-bond acceptors (Lipinski definition) is 3. The van der Waals surface area contributed by atoms with Gasteiger partial charge < -0.3 is 0 Å². The van der Waals surface area contributed by atoms with Gasteiger partial charge in [-0.3, -0.25) is 14.5 Å². The molecule has 0 spiro atoms. The van der Waals surface area contributed by atoms with Gasteiger partial charge in [-0.15, -0.1) is 0 Å². The number of aromatic amines is 1. The van der Waals surface area contributed by atoms with Crippen LogP contribution < -0.4 is 5.56 Å². The van der Waals surface area contributed by atoms with Gasteiger partial charge in [-0.1, -0.05) is 37.3 Å². The zero-order chi connectivity index (χ0) is 13.9. The van der Waals surface area contributed by atoms with Crippen LogP contribution in [0.4, 0.5) is 0 Å². The first-order chi connectivity index (χ1) is 9.79. The van der Waals surface area contributed by atoms with Crippen LogP contribution in [-0.4, -0.2) is 19.7 Å². The van der Waals surface area contributed by atoms with Gasteiger partial charge in [0.05, 0.1) is 12.7 Å². The van der Waals surface area contributed by atoms with Crippen LogP contribution in [0.25, 0.3) is 11.0 Å². The molecule has 3 rings (SSSR count). The lowest BCUT2D eigenvalue weighted by molar-refractivity contribution is 0.664. The number of hydrogen-bond donors (Lipinski definition) is 1. The Morgan fingerprint density at radius 2 is 2.05 bits per heavy atom. The fourth-order valence-corrected chi connectivity index (χ4v) is 2.32. The molecule has 0 radical (unpaired) electrons. The van der Waals surface area contributed by atoms with Gasteiger partial charge in [0, 0.05) is 6.42 Å². The standard InChI is InChI=1S/C15H16N4O/c1-2-6-13-17-14-12(9-16-18-14)15(20)19(13)10-11-7-4-3-5-8-11/h3-5,7-9H,2,6,10H2,1H3,(H,16,18). The van der Waals surface area contributed by atoms with E-state index >= 15 is 0 Å². The molecule has 0 aliphatic rings. The number of H-pyrrole nitrogens is 1. The van der Waals surface area contributed by atoms with Gasteiger partial charge in [0.2, 0.25) is 0 Å². The zero-order valence-corrected chi connectivity index (χ0v) is 11.3. The first kappa shape index (κ1) is 12.6. The molecule has 0 aliphatic heterocycles. The van der Waals surface area contributed by atoms with E-state index in [-0.39, 0.29) is 5.56 Å². The number of aryl methyl sites for hydroxylation is 1. The lowest BCUT2D eigenvalue weighted by atomic mass is 10.2. The summed E-state index contributed by atoms with van der Waals surface area (Å²) < 4.78 is 1.75. The number of aromatic nitrogens is 4. The third kappa shape index (κ3) is 2.22. The predicted octanol–water partition coefficient (Wildman–Crippen LogP) is 2.12. The van der Waals surface area contributed by atoms with Crippen LogP contribution in [0.1, 0.15) is 24.7 Å². The minimum Gasteiger partial charge on any atom is -0.291 e. The monoisotopic (exact) mass is 268 g/mol. The average Bonchev–Trinajstić information content (AvgIpc) is 2.93. The fraction of sp³-hybridized carbons (Fsp3) is 0.267. The molecular formula is C15H16N4O. The molecule has 5 nitrogen and oxygen atoms in total. The number of nitrogens with one attached hydrogen (secondary N) is 1. The van der Waals surface area contributed by atoms with Crippen molar-refractivity contribution in [1.29, 1.82) is 0 Å². The molecule has 5 heteroatoms. The SMILES string of the molecule is CCCc1nc2[nH]ncc2c(=O)n1Cc1ccccc1. The molecule has 0 bridgehead atoms. The van der Waals surface area contributed by atoms with E-state index in [1.165, 1.54) is 0 Å². The van der Waals surface area contributed by atoms with E-state index in [1.54, 1.807) is 10.8 Å². The van der Waals surface area contributed by atoms with Crippen LogP contribution in [0, 0.1) is 0 Å². The van der Waals surface area contributed by atoms with E-state index in [1.807, 2.05) is 30.3 Å². The maximum absolute atomic E-state index is 12.6. The summed E-state index contributed by atoms with van der Waals surface area (Å²) >= 11 is 0. The Morgan fingerprint density at radius 1 is 1.25 bits per heavy atom. The Labute approximate surface area is 116 Å². The smallest absolute Gasteiger partial charge is 0.264 e. The molecule has 0 fully saturated rings. The highest BCUT2D eigenvalue weighted by Gasteiger charge is 2.12. The molecule has 20 heavy (non-hydrogen) atoms. The van der Waals surface area contributed by atoms with Gasteiger partial charge in [0.25, 0.3) is 5.56 Å². The number of fused-ring (bicyclic) bond motifs is 1. The quantitative estimate of drug-likeness (QED) is 0.788. The summed E-state index contributed by atoms with van der Waals surface area (Å²) in [6.45, 7) is 2.62. The summed E-state index contributed by atoms with van der Waals surface area (Å²) in [6.07, 6.45) is 3.26. The van der Waals surface area contributed by atoms with Crippen LogP contribution in [0.5, 0.6) is 0 Å². The summed E-state index contributed by atoms with van der Waals surface area (Å²) in [6, 6.07) is 9.95. The molecule has 1 aromatic carbocycles. The van der Waals surface area contributed by atoms with Crippen LogP contribution in [0.15, 0.2) is 41.3 Å². The molecule has 0 aliphatic carbocycles. The van der Waals surface area contributed by atoms with Crippen LogP contribution in [0.3, 0.4) is 0 Å². The van der Waals surface area contributed by atoms with Gasteiger partial charge in [0.1, 0.15) is 11.2 Å².